The van der Waals surface area contributed by atoms with Crippen molar-refractivity contribution in [3.8, 4) is 34.1 Å². The minimum absolute atomic E-state index is 0. The van der Waals surface area contributed by atoms with E-state index < -0.39 is 0 Å². The summed E-state index contributed by atoms with van der Waals surface area (Å²) in [6, 6.07) is 31.8. The van der Waals surface area contributed by atoms with Gasteiger partial charge in [0, 0.05) is 35.0 Å². The van der Waals surface area contributed by atoms with Crippen molar-refractivity contribution in [1.29, 1.82) is 0 Å². The van der Waals surface area contributed by atoms with Crippen LogP contribution in [0.5, 0.6) is 11.5 Å². The first-order chi connectivity index (χ1) is 22.2. The molecule has 47 heavy (non-hydrogen) atoms. The number of benzene rings is 4. The van der Waals surface area contributed by atoms with Crippen molar-refractivity contribution in [3.05, 3.63) is 131 Å². The van der Waals surface area contributed by atoms with Gasteiger partial charge in [-0.2, -0.15) is 17.2 Å². The Morgan fingerprint density at radius 2 is 1.57 bits per heavy atom. The predicted molar refractivity (Wildman–Crippen MR) is 188 cm³/mol. The molecule has 7 rings (SSSR count). The molecule has 0 unspecified atom stereocenters. The number of fused-ring (bicyclic) bond motifs is 3. The van der Waals surface area contributed by atoms with Gasteiger partial charge in [-0.15, -0.1) is 35.7 Å². The summed E-state index contributed by atoms with van der Waals surface area (Å²) in [7, 11) is 0. The van der Waals surface area contributed by atoms with Gasteiger partial charge in [-0.05, 0) is 95.3 Å². The Bertz CT molecular complexity index is 2240. The van der Waals surface area contributed by atoms with Crippen molar-refractivity contribution in [2.45, 2.75) is 60.3 Å². The molecule has 0 aliphatic heterocycles. The molecule has 5 nitrogen and oxygen atoms in total. The number of aryl methyl sites for hydroxylation is 2. The van der Waals surface area contributed by atoms with Gasteiger partial charge in [-0.1, -0.05) is 57.5 Å². The molecule has 6 heteroatoms. The second kappa shape index (κ2) is 13.0. The third-order valence-electron chi connectivity index (χ3n) is 8.90. The smallest absolute Gasteiger partial charge is 0.509 e. The fourth-order valence-corrected chi connectivity index (χ4v) is 6.61. The second-order valence-corrected chi connectivity index (χ2v) is 12.8. The molecule has 0 spiro atoms. The van der Waals surface area contributed by atoms with Crippen LogP contribution in [0.3, 0.4) is 0 Å². The number of pyridine rings is 1. The maximum atomic E-state index is 6.39. The van der Waals surface area contributed by atoms with Crippen LogP contribution < -0.4 is 4.74 Å². The third-order valence-corrected chi connectivity index (χ3v) is 8.90. The molecule has 0 bridgehead atoms. The summed E-state index contributed by atoms with van der Waals surface area (Å²) in [5, 5.41) is 7.04. The molecule has 0 saturated carbocycles. The van der Waals surface area contributed by atoms with E-state index in [1.54, 1.807) is 0 Å². The van der Waals surface area contributed by atoms with E-state index in [9.17, 15) is 0 Å². The fourth-order valence-electron chi connectivity index (χ4n) is 6.61. The molecule has 3 heterocycles. The molecular weight excluding hydrogens is 760 g/mol. The van der Waals surface area contributed by atoms with Crippen LogP contribution in [0.2, 0.25) is 0 Å². The minimum atomic E-state index is 0. The standard InChI is InChI=1S/C41H38N4O.Pt/c1-25(2)36-20-28(6)29(7)40(26(3)4)41(36)30-23-43-44(24-30)31-11-10-12-32(21-31)46-33-15-16-35-34-13-8-9-14-37(34)45(38(35)22-33)39-19-27(5)17-18-42-39;/h8-20,23-26H,1-7H3;/q-2;+2. The van der Waals surface area contributed by atoms with Crippen molar-refractivity contribution < 1.29 is 25.8 Å². The first-order valence-electron chi connectivity index (χ1n) is 16.0. The van der Waals surface area contributed by atoms with Gasteiger partial charge in [0.15, 0.2) is 0 Å². The summed E-state index contributed by atoms with van der Waals surface area (Å²) >= 11 is 0. The molecule has 0 aliphatic rings. The number of para-hydroxylation sites is 1. The molecule has 238 valence electrons. The van der Waals surface area contributed by atoms with Crippen molar-refractivity contribution >= 4 is 21.8 Å². The van der Waals surface area contributed by atoms with E-state index in [0.29, 0.717) is 23.3 Å². The quantitative estimate of drug-likeness (QED) is 0.151. The topological polar surface area (TPSA) is 44.9 Å². The van der Waals surface area contributed by atoms with Crippen LogP contribution in [-0.2, 0) is 21.1 Å². The molecule has 0 radical (unpaired) electrons. The van der Waals surface area contributed by atoms with E-state index in [4.69, 9.17) is 14.8 Å². The molecule has 0 aliphatic carbocycles. The van der Waals surface area contributed by atoms with Crippen molar-refractivity contribution in [2.24, 2.45) is 0 Å². The average Bonchev–Trinajstić information content (AvgIpc) is 3.65. The van der Waals surface area contributed by atoms with Crippen molar-refractivity contribution in [2.75, 3.05) is 0 Å². The minimum Gasteiger partial charge on any atom is -0.509 e. The van der Waals surface area contributed by atoms with Crippen LogP contribution in [0.25, 0.3) is 44.4 Å². The van der Waals surface area contributed by atoms with Crippen LogP contribution in [0, 0.1) is 32.9 Å². The Hall–Kier alpha value is -4.47. The van der Waals surface area contributed by atoms with Gasteiger partial charge in [0.2, 0.25) is 0 Å². The number of aromatic nitrogens is 4. The Balaban J connectivity index is 0.00000386. The van der Waals surface area contributed by atoms with E-state index in [1.807, 2.05) is 47.4 Å². The Morgan fingerprint density at radius 1 is 0.787 bits per heavy atom. The van der Waals surface area contributed by atoms with Gasteiger partial charge < -0.3 is 9.30 Å². The second-order valence-electron chi connectivity index (χ2n) is 12.8. The molecule has 0 N–H and O–H groups in total. The van der Waals surface area contributed by atoms with Crippen molar-refractivity contribution in [3.63, 3.8) is 0 Å². The molecule has 0 atom stereocenters. The van der Waals surface area contributed by atoms with Crippen LogP contribution in [-0.4, -0.2) is 19.3 Å². The maximum absolute atomic E-state index is 6.39. The molecular formula is C41H38N4OPt. The molecule has 7 aromatic rings. The molecule has 0 saturated heterocycles. The van der Waals surface area contributed by atoms with Crippen LogP contribution in [0.15, 0.2) is 91.4 Å². The fraction of sp³-hybridized carbons (Fsp3) is 0.220. The Labute approximate surface area is 291 Å². The number of rotatable bonds is 7. The molecule has 4 aromatic carbocycles. The van der Waals surface area contributed by atoms with Gasteiger partial charge in [0.05, 0.1) is 6.20 Å². The number of ether oxygens (including phenoxy) is 1. The van der Waals surface area contributed by atoms with Crippen LogP contribution in [0.4, 0.5) is 0 Å². The number of nitrogens with zero attached hydrogens (tertiary/aromatic N) is 4. The first kappa shape index (κ1) is 32.5. The number of hydrogen-bond donors (Lipinski definition) is 0. The summed E-state index contributed by atoms with van der Waals surface area (Å²) in [5.41, 5.74) is 11.8. The average molecular weight is 798 g/mol. The van der Waals surface area contributed by atoms with E-state index in [-0.39, 0.29) is 21.1 Å². The largest absolute Gasteiger partial charge is 2.00 e. The third kappa shape index (κ3) is 5.94. The summed E-state index contributed by atoms with van der Waals surface area (Å²) < 4.78 is 10.4. The van der Waals surface area contributed by atoms with Crippen LogP contribution >= 0.6 is 0 Å². The van der Waals surface area contributed by atoms with Crippen LogP contribution in [0.1, 0.15) is 67.3 Å². The zero-order valence-electron chi connectivity index (χ0n) is 27.8. The van der Waals surface area contributed by atoms with Gasteiger partial charge in [-0.3, -0.25) is 4.68 Å². The summed E-state index contributed by atoms with van der Waals surface area (Å²) in [4.78, 5) is 4.69. The van der Waals surface area contributed by atoms with Gasteiger partial charge in [0.25, 0.3) is 0 Å². The summed E-state index contributed by atoms with van der Waals surface area (Å²) in [6.07, 6.45) is 5.94. The number of hydrogen-bond acceptors (Lipinski definition) is 3. The molecule has 0 fully saturated rings. The first-order valence-corrected chi connectivity index (χ1v) is 16.0. The molecule has 3 aromatic heterocycles. The summed E-state index contributed by atoms with van der Waals surface area (Å²) in [5.74, 6) is 2.85. The van der Waals surface area contributed by atoms with Gasteiger partial charge in [-0.25, -0.2) is 4.98 Å². The van der Waals surface area contributed by atoms with Crippen molar-refractivity contribution in [1.82, 2.24) is 19.3 Å². The van der Waals surface area contributed by atoms with E-state index in [2.05, 4.69) is 114 Å². The zero-order chi connectivity index (χ0) is 32.1. The molecule has 0 amide bonds. The Kier molecular flexibility index (Phi) is 8.96. The Morgan fingerprint density at radius 3 is 2.34 bits per heavy atom. The normalized spacial score (nSPS) is 11.5. The summed E-state index contributed by atoms with van der Waals surface area (Å²) in [6.45, 7) is 15.6. The predicted octanol–water partition coefficient (Wildman–Crippen LogP) is 10.6. The van der Waals surface area contributed by atoms with E-state index in [1.165, 1.54) is 27.8 Å². The maximum Gasteiger partial charge on any atom is 2.00 e. The monoisotopic (exact) mass is 797 g/mol. The zero-order valence-corrected chi connectivity index (χ0v) is 30.1. The van der Waals surface area contributed by atoms with E-state index >= 15 is 0 Å². The SMILES string of the molecule is Cc1ccnc(-n2c3[c-]c(Oc4[c-]c(-n5cc(-c6c(C(C)C)cc(C)c(C)c6C(C)C)cn5)ccc4)ccc3c3ccccc32)c1.[Pt+2]. The van der Waals surface area contributed by atoms with Gasteiger partial charge >= 0.3 is 21.1 Å². The van der Waals surface area contributed by atoms with E-state index in [0.717, 1.165) is 44.4 Å². The van der Waals surface area contributed by atoms with Gasteiger partial charge in [0.1, 0.15) is 5.82 Å².